The molecule has 0 spiro atoms. The second-order valence-corrected chi connectivity index (χ2v) is 7.02. The van der Waals surface area contributed by atoms with Crippen molar-refractivity contribution in [2.45, 2.75) is 25.2 Å². The fourth-order valence-electron chi connectivity index (χ4n) is 1.87. The van der Waals surface area contributed by atoms with Crippen LogP contribution in [0.1, 0.15) is 25.8 Å². The molecule has 19 heavy (non-hydrogen) atoms. The normalized spacial score (nSPS) is 16.3. The van der Waals surface area contributed by atoms with Crippen molar-refractivity contribution in [3.05, 3.63) is 35.9 Å². The molecule has 1 aromatic carbocycles. The van der Waals surface area contributed by atoms with Gasteiger partial charge >= 0.3 is 0 Å². The summed E-state index contributed by atoms with van der Waals surface area (Å²) in [5.74, 6) is 0. The molecule has 1 atom stereocenters. The monoisotopic (exact) mass is 299 g/mol. The Labute approximate surface area is 118 Å². The van der Waals surface area contributed by atoms with Crippen LogP contribution in [0.5, 0.6) is 0 Å². The van der Waals surface area contributed by atoms with Gasteiger partial charge in [0.15, 0.2) is 9.84 Å². The first-order valence-electron chi connectivity index (χ1n) is 6.46. The minimum absolute atomic E-state index is 0.393. The van der Waals surface area contributed by atoms with Gasteiger partial charge in [-0.1, -0.05) is 41.4 Å². The predicted octanol–water partition coefficient (Wildman–Crippen LogP) is 3.00. The van der Waals surface area contributed by atoms with Crippen LogP contribution in [0.15, 0.2) is 35.2 Å². The lowest BCUT2D eigenvalue weighted by Gasteiger charge is -2.21. The van der Waals surface area contributed by atoms with Gasteiger partial charge in [-0.05, 0) is 29.7 Å². The summed E-state index contributed by atoms with van der Waals surface area (Å²) in [7, 11) is -0.436. The Bertz CT molecular complexity index is 552. The lowest BCUT2D eigenvalue weighted by atomic mass is 10.0. The van der Waals surface area contributed by atoms with E-state index in [1.165, 1.54) is 11.8 Å². The smallest absolute Gasteiger partial charge is 0.175 e. The molecule has 0 bridgehead atoms. The highest BCUT2D eigenvalue weighted by Gasteiger charge is 2.12. The van der Waals surface area contributed by atoms with E-state index in [0.29, 0.717) is 4.90 Å². The Morgan fingerprint density at radius 3 is 2.47 bits per heavy atom. The van der Waals surface area contributed by atoms with Crippen LogP contribution in [0.3, 0.4) is 0 Å². The maximum Gasteiger partial charge on any atom is 0.175 e. The van der Waals surface area contributed by atoms with E-state index in [1.54, 1.807) is 18.2 Å². The Morgan fingerprint density at radius 1 is 1.26 bits per heavy atom. The lowest BCUT2D eigenvalue weighted by molar-refractivity contribution is 0.515. The summed E-state index contributed by atoms with van der Waals surface area (Å²) in [5, 5.41) is 0. The molecule has 0 fully saturated rings. The second-order valence-electron chi connectivity index (χ2n) is 4.27. The molecule has 0 amide bonds. The fourth-order valence-corrected chi connectivity index (χ4v) is 2.77. The van der Waals surface area contributed by atoms with Crippen molar-refractivity contribution in [1.82, 2.24) is 4.67 Å². The molecule has 1 aliphatic heterocycles. The summed E-state index contributed by atoms with van der Waals surface area (Å²) in [6, 6.07) is 7.18. The molecule has 106 valence electrons. The highest BCUT2D eigenvalue weighted by molar-refractivity contribution is 7.90. The molecule has 0 aliphatic carbocycles. The van der Waals surface area contributed by atoms with Crippen molar-refractivity contribution in [3.63, 3.8) is 0 Å². The number of hydrogen-bond donors (Lipinski definition) is 0. The fraction of sp³-hybridized carbons (Fsp3) is 0.429. The van der Waals surface area contributed by atoms with Crippen molar-refractivity contribution in [2.24, 2.45) is 0 Å². The van der Waals surface area contributed by atoms with Gasteiger partial charge in [0.1, 0.15) is 0 Å². The maximum atomic E-state index is 11.5. The number of nitrogens with zero attached hydrogens (tertiary/aromatic N) is 1. The van der Waals surface area contributed by atoms with E-state index in [1.807, 2.05) is 19.9 Å². The molecule has 0 aromatic heterocycles. The van der Waals surface area contributed by atoms with E-state index in [9.17, 15) is 8.42 Å². The highest BCUT2D eigenvalue weighted by atomic mass is 32.2. The van der Waals surface area contributed by atoms with Gasteiger partial charge in [-0.2, -0.15) is 0 Å². The third kappa shape index (κ3) is 4.72. The molecular weight excluding hydrogens is 277 g/mol. The lowest BCUT2D eigenvalue weighted by Crippen LogP contribution is -2.18. The van der Waals surface area contributed by atoms with Gasteiger partial charge in [0, 0.05) is 19.3 Å². The molecule has 1 unspecified atom stereocenters. The molecule has 5 heteroatoms. The van der Waals surface area contributed by atoms with Gasteiger partial charge in [0.05, 0.1) is 4.90 Å². The highest BCUT2D eigenvalue weighted by Crippen LogP contribution is 2.25. The van der Waals surface area contributed by atoms with Crippen LogP contribution in [0.4, 0.5) is 0 Å². The van der Waals surface area contributed by atoms with E-state index in [-0.39, 0.29) is 0 Å². The van der Waals surface area contributed by atoms with Crippen LogP contribution in [-0.2, 0) is 9.84 Å². The van der Waals surface area contributed by atoms with Crippen LogP contribution in [0, 0.1) is 0 Å². The number of hydrogen-bond acceptors (Lipinski definition) is 3. The van der Waals surface area contributed by atoms with Crippen molar-refractivity contribution in [2.75, 3.05) is 19.3 Å². The zero-order valence-electron chi connectivity index (χ0n) is 11.8. The van der Waals surface area contributed by atoms with Gasteiger partial charge in [-0.25, -0.2) is 8.42 Å². The first-order chi connectivity index (χ1) is 8.97. The van der Waals surface area contributed by atoms with Crippen LogP contribution in [0.2, 0.25) is 0 Å². The van der Waals surface area contributed by atoms with E-state index in [2.05, 4.69) is 20.1 Å². The quantitative estimate of drug-likeness (QED) is 0.788. The third-order valence-electron chi connectivity index (χ3n) is 2.87. The SMILES string of the molecule is CC.CS(=O)(=O)c1cccc(C2=CCN(P)CC2)c1. The molecule has 0 N–H and O–H groups in total. The molecule has 0 radical (unpaired) electrons. The van der Waals surface area contributed by atoms with Crippen LogP contribution in [-0.4, -0.2) is 32.4 Å². The summed E-state index contributed by atoms with van der Waals surface area (Å²) in [6.07, 6.45) is 4.35. The summed E-state index contributed by atoms with van der Waals surface area (Å²) in [5.41, 5.74) is 2.25. The van der Waals surface area contributed by atoms with E-state index in [4.69, 9.17) is 0 Å². The average Bonchev–Trinajstić information content (AvgIpc) is 2.41. The van der Waals surface area contributed by atoms with Gasteiger partial charge in [0.2, 0.25) is 0 Å². The van der Waals surface area contributed by atoms with Crippen LogP contribution in [0.25, 0.3) is 5.57 Å². The molecule has 1 aromatic rings. The first kappa shape index (κ1) is 16.4. The minimum Gasteiger partial charge on any atom is -0.283 e. The van der Waals surface area contributed by atoms with Gasteiger partial charge < -0.3 is 0 Å². The predicted molar refractivity (Wildman–Crippen MR) is 84.8 cm³/mol. The number of benzene rings is 1. The summed E-state index contributed by atoms with van der Waals surface area (Å²) >= 11 is 0. The Balaban J connectivity index is 0.000000861. The van der Waals surface area contributed by atoms with Crippen LogP contribution >= 0.6 is 9.39 Å². The largest absolute Gasteiger partial charge is 0.283 e. The molecule has 0 saturated heterocycles. The zero-order chi connectivity index (χ0) is 14.5. The van der Waals surface area contributed by atoms with E-state index < -0.39 is 9.84 Å². The Kier molecular flexibility index (Phi) is 6.18. The standard InChI is InChI=1S/C12H16NO2PS.C2H6/c1-17(14,15)12-4-2-3-11(9-12)10-5-7-13(16)8-6-10;1-2/h2-5,9H,6-8,16H2,1H3;1-2H3. The van der Waals surface area contributed by atoms with Crippen molar-refractivity contribution < 1.29 is 8.42 Å². The maximum absolute atomic E-state index is 11.5. The Hall–Kier alpha value is -0.700. The summed E-state index contributed by atoms with van der Waals surface area (Å²) in [6.45, 7) is 5.88. The molecule has 0 saturated carbocycles. The molecule has 2 rings (SSSR count). The first-order valence-corrected chi connectivity index (χ1v) is 8.87. The molecule has 1 aliphatic rings. The zero-order valence-corrected chi connectivity index (χ0v) is 13.7. The van der Waals surface area contributed by atoms with Gasteiger partial charge in [-0.3, -0.25) is 4.67 Å². The number of sulfone groups is 1. The number of rotatable bonds is 2. The van der Waals surface area contributed by atoms with Crippen molar-refractivity contribution >= 4 is 24.8 Å². The van der Waals surface area contributed by atoms with Crippen molar-refractivity contribution in [3.8, 4) is 0 Å². The van der Waals surface area contributed by atoms with Crippen molar-refractivity contribution in [1.29, 1.82) is 0 Å². The molecule has 3 nitrogen and oxygen atoms in total. The topological polar surface area (TPSA) is 37.4 Å². The summed E-state index contributed by atoms with van der Waals surface area (Å²) < 4.78 is 25.1. The van der Waals surface area contributed by atoms with Crippen LogP contribution < -0.4 is 0 Å². The second kappa shape index (κ2) is 7.18. The average molecular weight is 299 g/mol. The minimum atomic E-state index is -3.12. The van der Waals surface area contributed by atoms with Gasteiger partial charge in [-0.15, -0.1) is 0 Å². The summed E-state index contributed by atoms with van der Waals surface area (Å²) in [4.78, 5) is 0.393. The van der Waals surface area contributed by atoms with Gasteiger partial charge in [0.25, 0.3) is 0 Å². The third-order valence-corrected chi connectivity index (χ3v) is 4.45. The van der Waals surface area contributed by atoms with E-state index in [0.717, 1.165) is 25.1 Å². The van der Waals surface area contributed by atoms with E-state index >= 15 is 0 Å². The molecular formula is C14H22NO2PS. The molecule has 1 heterocycles. The Morgan fingerprint density at radius 2 is 1.95 bits per heavy atom.